The molecule has 0 aromatic heterocycles. The van der Waals surface area contributed by atoms with Crippen molar-refractivity contribution in [3.8, 4) is 6.07 Å². The molecule has 3 rings (SSSR count). The van der Waals surface area contributed by atoms with Gasteiger partial charge in [-0.1, -0.05) is 23.8 Å². The first kappa shape index (κ1) is 19.0. The fourth-order valence-corrected chi connectivity index (χ4v) is 1.94. The second kappa shape index (κ2) is 10.7. The van der Waals surface area contributed by atoms with Gasteiger partial charge in [-0.25, -0.2) is 0 Å². The van der Waals surface area contributed by atoms with Crippen LogP contribution < -0.4 is 0 Å². The van der Waals surface area contributed by atoms with Gasteiger partial charge in [0.2, 0.25) is 0 Å². The first-order chi connectivity index (χ1) is 10.3. The third-order valence-corrected chi connectivity index (χ3v) is 3.10. The molecule has 0 saturated heterocycles. The minimum absolute atomic E-state index is 0. The summed E-state index contributed by atoms with van der Waals surface area (Å²) in [6.45, 7) is 2.09. The van der Waals surface area contributed by atoms with Gasteiger partial charge in [-0.3, -0.25) is 0 Å². The van der Waals surface area contributed by atoms with Crippen LogP contribution in [-0.4, -0.2) is 0 Å². The minimum Gasteiger partial charge on any atom is -0.192 e. The maximum atomic E-state index is 8.70. The Hall–Kier alpha value is -1.03. The van der Waals surface area contributed by atoms with Crippen molar-refractivity contribution in [1.29, 1.82) is 5.26 Å². The standard InChI is InChI=1S/C15H12N.C5H5.Fe/c1-12(15-4-2-3-5-15)10-13-6-8-14(11-16)9-7-13;1-2-4-5-3-1;/h2-10H,1H3;1-5H;/q;;+2/b12-10+;;. The van der Waals surface area contributed by atoms with Crippen LogP contribution in [0.2, 0.25) is 0 Å². The maximum absolute atomic E-state index is 8.70. The summed E-state index contributed by atoms with van der Waals surface area (Å²) in [6.07, 6.45) is 20.4. The average molecular weight is 327 g/mol. The molecule has 0 atom stereocenters. The molecule has 2 aliphatic carbocycles. The SMILES string of the molecule is C/C(=C\c1ccc(C#N)cc1)[C]1[CH][CH][CH][CH]1.[CH]1[CH][CH][CH][CH]1.[Fe+2]. The molecule has 0 unspecified atom stereocenters. The molecule has 1 aromatic carbocycles. The van der Waals surface area contributed by atoms with Gasteiger partial charge < -0.3 is 0 Å². The summed E-state index contributed by atoms with van der Waals surface area (Å²) < 4.78 is 0. The van der Waals surface area contributed by atoms with Gasteiger partial charge in [0, 0.05) is 5.92 Å². The van der Waals surface area contributed by atoms with E-state index in [1.165, 1.54) is 11.5 Å². The minimum atomic E-state index is 0. The Morgan fingerprint density at radius 1 is 0.864 bits per heavy atom. The Bertz CT molecular complexity index is 478. The molecule has 2 fully saturated rings. The summed E-state index contributed by atoms with van der Waals surface area (Å²) in [7, 11) is 0. The Morgan fingerprint density at radius 3 is 1.82 bits per heavy atom. The average Bonchev–Trinajstić information content (AvgIpc) is 3.23. The first-order valence-corrected chi connectivity index (χ1v) is 6.87. The summed E-state index contributed by atoms with van der Waals surface area (Å²) in [5, 5.41) is 8.70. The van der Waals surface area contributed by atoms with Crippen molar-refractivity contribution >= 4 is 6.08 Å². The van der Waals surface area contributed by atoms with Crippen molar-refractivity contribution in [2.45, 2.75) is 6.92 Å². The molecule has 2 heteroatoms. The van der Waals surface area contributed by atoms with Gasteiger partial charge in [0.1, 0.15) is 0 Å². The van der Waals surface area contributed by atoms with Crippen LogP contribution in [0.3, 0.4) is 0 Å². The quantitative estimate of drug-likeness (QED) is 0.739. The number of allylic oxidation sites excluding steroid dienone is 1. The van der Waals surface area contributed by atoms with Crippen LogP contribution >= 0.6 is 0 Å². The van der Waals surface area contributed by atoms with Crippen LogP contribution in [0.1, 0.15) is 18.1 Å². The van der Waals surface area contributed by atoms with Gasteiger partial charge in [0.15, 0.2) is 0 Å². The molecule has 0 bridgehead atoms. The van der Waals surface area contributed by atoms with E-state index in [0.29, 0.717) is 5.56 Å². The number of hydrogen-bond acceptors (Lipinski definition) is 1. The molecule has 10 radical (unpaired) electrons. The summed E-state index contributed by atoms with van der Waals surface area (Å²) in [5.41, 5.74) is 3.05. The van der Waals surface area contributed by atoms with E-state index in [9.17, 15) is 0 Å². The van der Waals surface area contributed by atoms with Gasteiger partial charge in [-0.15, -0.1) is 0 Å². The van der Waals surface area contributed by atoms with Crippen molar-refractivity contribution in [2.75, 3.05) is 0 Å². The van der Waals surface area contributed by atoms with E-state index in [1.54, 1.807) is 0 Å². The molecule has 2 aliphatic rings. The van der Waals surface area contributed by atoms with Crippen LogP contribution in [-0.2, 0) is 17.1 Å². The summed E-state index contributed by atoms with van der Waals surface area (Å²) in [5.74, 6) is 1.24. The number of nitrogens with zero attached hydrogens (tertiary/aromatic N) is 1. The van der Waals surface area contributed by atoms with Gasteiger partial charge in [0.05, 0.1) is 11.6 Å². The second-order valence-electron chi connectivity index (χ2n) is 4.70. The molecule has 0 aliphatic heterocycles. The molecular weight excluding hydrogens is 310 g/mol. The number of nitriles is 1. The fraction of sp³-hybridized carbons (Fsp3) is 0.0500. The van der Waals surface area contributed by atoms with E-state index in [0.717, 1.165) is 5.56 Å². The molecule has 0 N–H and O–H groups in total. The van der Waals surface area contributed by atoms with E-state index < -0.39 is 0 Å². The van der Waals surface area contributed by atoms with E-state index >= 15 is 0 Å². The normalized spacial score (nSPS) is 18.1. The molecule has 108 valence electrons. The summed E-state index contributed by atoms with van der Waals surface area (Å²) in [4.78, 5) is 0. The smallest absolute Gasteiger partial charge is 0.192 e. The molecule has 0 heterocycles. The van der Waals surface area contributed by atoms with E-state index in [1.807, 2.05) is 69.2 Å². The molecule has 0 spiro atoms. The van der Waals surface area contributed by atoms with Crippen LogP contribution in [0.25, 0.3) is 6.08 Å². The zero-order chi connectivity index (χ0) is 14.9. The van der Waals surface area contributed by atoms with Crippen LogP contribution in [0.5, 0.6) is 0 Å². The summed E-state index contributed by atoms with van der Waals surface area (Å²) >= 11 is 0. The number of benzene rings is 1. The van der Waals surface area contributed by atoms with Crippen molar-refractivity contribution in [3.63, 3.8) is 0 Å². The fourth-order valence-electron chi connectivity index (χ4n) is 1.94. The van der Waals surface area contributed by atoms with Crippen LogP contribution in [0.4, 0.5) is 0 Å². The van der Waals surface area contributed by atoms with E-state index in [-0.39, 0.29) is 17.1 Å². The number of hydrogen-bond donors (Lipinski definition) is 0. The predicted octanol–water partition coefficient (Wildman–Crippen LogP) is 4.39. The molecule has 0 amide bonds. The van der Waals surface area contributed by atoms with Gasteiger partial charge in [-0.05, 0) is 82.4 Å². The topological polar surface area (TPSA) is 23.8 Å². The van der Waals surface area contributed by atoms with Crippen molar-refractivity contribution < 1.29 is 17.1 Å². The first-order valence-electron chi connectivity index (χ1n) is 6.87. The van der Waals surface area contributed by atoms with Crippen LogP contribution in [0, 0.1) is 75.0 Å². The van der Waals surface area contributed by atoms with E-state index in [2.05, 4.69) is 31.9 Å². The third kappa shape index (κ3) is 6.39. The Labute approximate surface area is 146 Å². The van der Waals surface area contributed by atoms with Crippen molar-refractivity contribution in [2.24, 2.45) is 0 Å². The molecule has 2 saturated carbocycles. The largest absolute Gasteiger partial charge is 2.00 e. The summed E-state index contributed by atoms with van der Waals surface area (Å²) in [6, 6.07) is 9.72. The Kier molecular flexibility index (Phi) is 9.21. The van der Waals surface area contributed by atoms with Gasteiger partial charge in [0.25, 0.3) is 0 Å². The number of rotatable bonds is 2. The van der Waals surface area contributed by atoms with E-state index in [4.69, 9.17) is 5.26 Å². The van der Waals surface area contributed by atoms with Crippen molar-refractivity contribution in [3.05, 3.63) is 105 Å². The Balaban J connectivity index is 0.000000344. The monoisotopic (exact) mass is 327 g/mol. The molecule has 22 heavy (non-hydrogen) atoms. The molecule has 1 nitrogen and oxygen atoms in total. The predicted molar refractivity (Wildman–Crippen MR) is 86.8 cm³/mol. The van der Waals surface area contributed by atoms with Gasteiger partial charge >= 0.3 is 17.1 Å². The van der Waals surface area contributed by atoms with Crippen molar-refractivity contribution in [1.82, 2.24) is 0 Å². The second-order valence-corrected chi connectivity index (χ2v) is 4.70. The zero-order valence-corrected chi connectivity index (χ0v) is 13.5. The zero-order valence-electron chi connectivity index (χ0n) is 12.4. The maximum Gasteiger partial charge on any atom is 2.00 e. The molecule has 1 aromatic rings. The van der Waals surface area contributed by atoms with Gasteiger partial charge in [-0.2, -0.15) is 5.26 Å². The third-order valence-electron chi connectivity index (χ3n) is 3.10. The molecular formula is C20H17FeN+2. The van der Waals surface area contributed by atoms with Crippen LogP contribution in [0.15, 0.2) is 29.8 Å². The Morgan fingerprint density at radius 2 is 1.36 bits per heavy atom.